The van der Waals surface area contributed by atoms with Crippen molar-refractivity contribution in [3.8, 4) is 0 Å². The van der Waals surface area contributed by atoms with Crippen LogP contribution in [0, 0.1) is 6.42 Å². The van der Waals surface area contributed by atoms with Crippen LogP contribution in [0.5, 0.6) is 0 Å². The number of ketones is 1. The van der Waals surface area contributed by atoms with Crippen molar-refractivity contribution in [2.45, 2.75) is 73.1 Å². The second kappa shape index (κ2) is 39.0. The molecule has 0 rings (SSSR count). The van der Waals surface area contributed by atoms with E-state index >= 15 is 0 Å². The van der Waals surface area contributed by atoms with Crippen molar-refractivity contribution in [2.24, 2.45) is 0 Å². The molecule has 7 heteroatoms. The van der Waals surface area contributed by atoms with E-state index in [0.29, 0.717) is 26.4 Å². The topological polar surface area (TPSA) is 104 Å². The van der Waals surface area contributed by atoms with Crippen molar-refractivity contribution in [3.05, 3.63) is 6.42 Å². The summed E-state index contributed by atoms with van der Waals surface area (Å²) in [6.07, 6.45) is 7.03. The maximum Gasteiger partial charge on any atom is 0.173 e. The third-order valence-corrected chi connectivity index (χ3v) is 2.14. The molecule has 0 aromatic rings. The molecule has 0 atom stereocenters. The minimum Gasteiger partial charge on any atom is -0.488 e. The van der Waals surface area contributed by atoms with Crippen LogP contribution in [0.1, 0.15) is 73.1 Å². The Kier molecular flexibility index (Phi) is 55.9. The fraction of sp³-hybridized carbons (Fsp3) is 0.833. The first-order chi connectivity index (χ1) is 11.4. The summed E-state index contributed by atoms with van der Waals surface area (Å²) in [7, 11) is 0. The van der Waals surface area contributed by atoms with Crippen LogP contribution in [-0.2, 0) is 40.5 Å². The summed E-state index contributed by atoms with van der Waals surface area (Å²) in [6, 6.07) is 0. The number of unbranched alkanes of at least 4 members (excludes halogenated alkanes) is 3. The molecule has 0 saturated heterocycles. The molecule has 0 amide bonds. The molecule has 0 heterocycles. The molecular weight excluding hydrogens is 403 g/mol. The molecule has 152 valence electrons. The van der Waals surface area contributed by atoms with Gasteiger partial charge in [-0.15, -0.1) is 0 Å². The average Bonchev–Trinajstić information content (AvgIpc) is 2.51. The van der Waals surface area contributed by atoms with Crippen molar-refractivity contribution >= 4 is 11.8 Å². The number of ether oxygens (including phenoxy) is 1. The number of aliphatic hydroxyl groups is 3. The SMILES string of the molecule is CCCCO.CCCCO.CCCCO.CCOC(=O)[CH-]C(C)=O.[Zr]. The van der Waals surface area contributed by atoms with E-state index in [9.17, 15) is 9.59 Å². The van der Waals surface area contributed by atoms with Gasteiger partial charge in [0.2, 0.25) is 0 Å². The van der Waals surface area contributed by atoms with E-state index in [0.717, 1.165) is 44.9 Å². The molecule has 6 nitrogen and oxygen atoms in total. The molecule has 0 fully saturated rings. The van der Waals surface area contributed by atoms with Gasteiger partial charge in [0.1, 0.15) is 0 Å². The van der Waals surface area contributed by atoms with Crippen LogP contribution >= 0.6 is 0 Å². The van der Waals surface area contributed by atoms with Crippen LogP contribution in [0.15, 0.2) is 0 Å². The van der Waals surface area contributed by atoms with Gasteiger partial charge in [-0.2, -0.15) is 0 Å². The van der Waals surface area contributed by atoms with Gasteiger partial charge in [0.05, 0.1) is 6.61 Å². The van der Waals surface area contributed by atoms with Gasteiger partial charge < -0.3 is 24.9 Å². The Bertz CT molecular complexity index is 217. The predicted molar refractivity (Wildman–Crippen MR) is 97.6 cm³/mol. The first kappa shape index (κ1) is 35.8. The first-order valence-electron chi connectivity index (χ1n) is 8.76. The van der Waals surface area contributed by atoms with E-state index in [1.807, 2.05) is 0 Å². The maximum absolute atomic E-state index is 10.4. The maximum atomic E-state index is 10.4. The predicted octanol–water partition coefficient (Wildman–Crippen LogP) is 2.68. The summed E-state index contributed by atoms with van der Waals surface area (Å²) >= 11 is 0. The molecule has 0 aliphatic rings. The van der Waals surface area contributed by atoms with Crippen LogP contribution in [0.4, 0.5) is 0 Å². The zero-order chi connectivity index (χ0) is 19.6. The van der Waals surface area contributed by atoms with Crippen LogP contribution in [0.25, 0.3) is 0 Å². The molecule has 0 bridgehead atoms. The molecule has 0 saturated carbocycles. The zero-order valence-corrected chi connectivity index (χ0v) is 19.2. The van der Waals surface area contributed by atoms with Gasteiger partial charge in [0.15, 0.2) is 5.97 Å². The quantitative estimate of drug-likeness (QED) is 0.288. The molecule has 3 N–H and O–H groups in total. The molecule has 0 unspecified atom stereocenters. The summed E-state index contributed by atoms with van der Waals surface area (Å²) in [5.41, 5.74) is 0. The fourth-order valence-electron chi connectivity index (χ4n) is 0.824. The van der Waals surface area contributed by atoms with Crippen LogP contribution in [-0.4, -0.2) is 53.5 Å². The van der Waals surface area contributed by atoms with Gasteiger partial charge in [-0.05, 0) is 33.1 Å². The van der Waals surface area contributed by atoms with E-state index in [2.05, 4.69) is 25.5 Å². The second-order valence-corrected chi connectivity index (χ2v) is 4.74. The van der Waals surface area contributed by atoms with Crippen molar-refractivity contribution in [1.29, 1.82) is 0 Å². The largest absolute Gasteiger partial charge is 0.488 e. The summed E-state index contributed by atoms with van der Waals surface area (Å²) in [6.45, 7) is 10.5. The smallest absolute Gasteiger partial charge is 0.173 e. The molecule has 0 aliphatic carbocycles. The number of Topliss-reactive ketones (excluding diaryl/α,β-unsaturated/α-hetero) is 1. The normalized spacial score (nSPS) is 8.00. The Labute approximate surface area is 173 Å². The van der Waals surface area contributed by atoms with Gasteiger partial charge >= 0.3 is 0 Å². The second-order valence-electron chi connectivity index (χ2n) is 4.74. The summed E-state index contributed by atoms with van der Waals surface area (Å²) in [5, 5.41) is 24.2. The number of carbonyl (C=O) groups excluding carboxylic acids is 2. The molecule has 0 radical (unpaired) electrons. The summed E-state index contributed by atoms with van der Waals surface area (Å²) in [5.74, 6) is -0.849. The van der Waals surface area contributed by atoms with Gasteiger partial charge in [-0.1, -0.05) is 40.0 Å². The molecule has 0 aromatic carbocycles. The Morgan fingerprint density at radius 1 is 0.800 bits per heavy atom. The van der Waals surface area contributed by atoms with E-state index in [1.165, 1.54) is 6.92 Å². The van der Waals surface area contributed by atoms with Gasteiger partial charge in [0, 0.05) is 51.8 Å². The number of carbonyl (C=O) groups is 2. The minimum absolute atomic E-state index is 0. The van der Waals surface area contributed by atoms with Crippen molar-refractivity contribution < 1.29 is 55.8 Å². The van der Waals surface area contributed by atoms with Gasteiger partial charge in [-0.3, -0.25) is 4.79 Å². The summed E-state index contributed by atoms with van der Waals surface area (Å²) in [4.78, 5) is 20.5. The average molecular weight is 443 g/mol. The minimum atomic E-state index is -0.565. The van der Waals surface area contributed by atoms with Crippen molar-refractivity contribution in [3.63, 3.8) is 0 Å². The number of rotatable bonds is 9. The molecule has 0 spiro atoms. The number of esters is 1. The Morgan fingerprint density at radius 3 is 1.24 bits per heavy atom. The van der Waals surface area contributed by atoms with E-state index in [-0.39, 0.29) is 32.0 Å². The van der Waals surface area contributed by atoms with E-state index < -0.39 is 5.97 Å². The number of hydrogen-bond donors (Lipinski definition) is 3. The zero-order valence-electron chi connectivity index (χ0n) is 16.7. The van der Waals surface area contributed by atoms with Gasteiger partial charge in [-0.25, -0.2) is 6.42 Å². The first-order valence-corrected chi connectivity index (χ1v) is 8.76. The van der Waals surface area contributed by atoms with Gasteiger partial charge in [0.25, 0.3) is 0 Å². The van der Waals surface area contributed by atoms with E-state index in [4.69, 9.17) is 15.3 Å². The number of hydrogen-bond acceptors (Lipinski definition) is 6. The van der Waals surface area contributed by atoms with Crippen LogP contribution < -0.4 is 0 Å². The monoisotopic (exact) mass is 441 g/mol. The van der Waals surface area contributed by atoms with Crippen LogP contribution in [0.3, 0.4) is 0 Å². The standard InChI is InChI=1S/C6H9O3.3C4H10O.Zr/c1-3-9-6(8)4-5(2)7;3*1-2-3-4-5;/h4H,3H2,1-2H3;3*5H,2-4H2,1H3;/q-1;;;;. The Hall–Kier alpha value is -0.227. The number of aliphatic hydroxyl groups excluding tert-OH is 3. The third-order valence-electron chi connectivity index (χ3n) is 2.14. The molecule has 25 heavy (non-hydrogen) atoms. The molecule has 0 aromatic heterocycles. The van der Waals surface area contributed by atoms with Crippen molar-refractivity contribution in [2.75, 3.05) is 26.4 Å². The van der Waals surface area contributed by atoms with Crippen molar-refractivity contribution in [1.82, 2.24) is 0 Å². The third kappa shape index (κ3) is 69.1. The fourth-order valence-corrected chi connectivity index (χ4v) is 0.824. The Morgan fingerprint density at radius 2 is 1.12 bits per heavy atom. The molecular formula is C18H39O6Zr-. The van der Waals surface area contributed by atoms with Crippen LogP contribution in [0.2, 0.25) is 0 Å². The molecule has 0 aliphatic heterocycles. The van der Waals surface area contributed by atoms with E-state index in [1.54, 1.807) is 6.92 Å². The summed E-state index contributed by atoms with van der Waals surface area (Å²) < 4.78 is 4.44. The Balaban J connectivity index is -0.0000000733.